The van der Waals surface area contributed by atoms with E-state index in [1.165, 1.54) is 32.6 Å². The molecule has 0 aliphatic heterocycles. The molecule has 0 spiro atoms. The van der Waals surface area contributed by atoms with Crippen LogP contribution in [0.5, 0.6) is 0 Å². The second kappa shape index (κ2) is 33.2. The van der Waals surface area contributed by atoms with Gasteiger partial charge in [-0.2, -0.15) is 0 Å². The molecule has 0 saturated heterocycles. The standard InChI is InChI=1S/C6H12O3.C6H14.C4H6Cl2O.C4H10O/c1-2-9-6(8)4-3-5-7;1-3-5-6-4-2;1-3(7)2-4(5)6;1-2-3-4-5/h7H,2-5H2,1H3;3-6H2,1-2H3;4H,2H2,1H3;5H,2-4H2,1H3. The summed E-state index contributed by atoms with van der Waals surface area (Å²) in [5.74, 6) is -0.207. The fourth-order valence-electron chi connectivity index (χ4n) is 1.33. The van der Waals surface area contributed by atoms with Crippen molar-refractivity contribution in [2.45, 2.75) is 97.2 Å². The van der Waals surface area contributed by atoms with Crippen LogP contribution in [0.4, 0.5) is 0 Å². The number of aliphatic hydroxyl groups excluding tert-OH is 2. The Labute approximate surface area is 176 Å². The lowest BCUT2D eigenvalue weighted by Crippen LogP contribution is -2.03. The highest BCUT2D eigenvalue weighted by Gasteiger charge is 2.00. The van der Waals surface area contributed by atoms with Crippen molar-refractivity contribution in [1.29, 1.82) is 0 Å². The Bertz CT molecular complexity index is 282. The molecule has 0 aromatic rings. The largest absolute Gasteiger partial charge is 0.466 e. The number of alkyl halides is 2. The first-order valence-electron chi connectivity index (χ1n) is 9.91. The topological polar surface area (TPSA) is 83.8 Å². The molecule has 0 amide bonds. The van der Waals surface area contributed by atoms with Gasteiger partial charge in [-0.15, -0.1) is 23.2 Å². The van der Waals surface area contributed by atoms with E-state index in [1.54, 1.807) is 6.92 Å². The molecule has 0 aliphatic rings. The molecule has 0 saturated carbocycles. The molecule has 0 fully saturated rings. The Morgan fingerprint density at radius 3 is 1.48 bits per heavy atom. The predicted octanol–water partition coefficient (Wildman–Crippen LogP) is 5.46. The molecule has 27 heavy (non-hydrogen) atoms. The highest BCUT2D eigenvalue weighted by Crippen LogP contribution is 2.05. The molecule has 0 bridgehead atoms. The molecular weight excluding hydrogens is 391 g/mol. The summed E-state index contributed by atoms with van der Waals surface area (Å²) >= 11 is 10.4. The molecule has 0 heterocycles. The number of hydrogen-bond donors (Lipinski definition) is 2. The van der Waals surface area contributed by atoms with Crippen molar-refractivity contribution in [3.63, 3.8) is 0 Å². The van der Waals surface area contributed by atoms with Crippen LogP contribution in [0.1, 0.15) is 92.4 Å². The van der Waals surface area contributed by atoms with E-state index in [1.807, 2.05) is 0 Å². The zero-order valence-corrected chi connectivity index (χ0v) is 19.4. The second-order valence-electron chi connectivity index (χ2n) is 5.71. The van der Waals surface area contributed by atoms with E-state index in [4.69, 9.17) is 33.4 Å². The van der Waals surface area contributed by atoms with Crippen LogP contribution in [-0.2, 0) is 14.3 Å². The van der Waals surface area contributed by atoms with Crippen LogP contribution in [0.3, 0.4) is 0 Å². The number of esters is 1. The Balaban J connectivity index is -0.000000134. The minimum Gasteiger partial charge on any atom is -0.466 e. The number of ketones is 1. The van der Waals surface area contributed by atoms with Gasteiger partial charge in [0.15, 0.2) is 0 Å². The molecule has 0 unspecified atom stereocenters. The number of halogens is 2. The molecule has 5 nitrogen and oxygen atoms in total. The van der Waals surface area contributed by atoms with Crippen LogP contribution < -0.4 is 0 Å². The molecule has 7 heteroatoms. The van der Waals surface area contributed by atoms with Crippen LogP contribution in [-0.4, -0.2) is 46.6 Å². The first kappa shape index (κ1) is 34.2. The van der Waals surface area contributed by atoms with Gasteiger partial charge in [-0.25, -0.2) is 0 Å². The highest BCUT2D eigenvalue weighted by atomic mass is 35.5. The molecule has 2 N–H and O–H groups in total. The average Bonchev–Trinajstić information content (AvgIpc) is 2.59. The summed E-state index contributed by atoms with van der Waals surface area (Å²) in [6.07, 6.45) is 8.65. The minimum atomic E-state index is -0.530. The second-order valence-corrected chi connectivity index (χ2v) is 6.99. The van der Waals surface area contributed by atoms with Crippen molar-refractivity contribution in [3.05, 3.63) is 0 Å². The van der Waals surface area contributed by atoms with Gasteiger partial charge in [0, 0.05) is 26.1 Å². The minimum absolute atomic E-state index is 0.0231. The van der Waals surface area contributed by atoms with Crippen molar-refractivity contribution >= 4 is 35.0 Å². The first-order valence-corrected chi connectivity index (χ1v) is 10.8. The average molecular weight is 433 g/mol. The smallest absolute Gasteiger partial charge is 0.305 e. The Kier molecular flexibility index (Phi) is 42.1. The summed E-state index contributed by atoms with van der Waals surface area (Å²) in [5.41, 5.74) is 0. The fraction of sp³-hybridized carbons (Fsp3) is 0.900. The maximum Gasteiger partial charge on any atom is 0.305 e. The monoisotopic (exact) mass is 432 g/mol. The number of aliphatic hydroxyl groups is 2. The van der Waals surface area contributed by atoms with Crippen LogP contribution in [0.15, 0.2) is 0 Å². The van der Waals surface area contributed by atoms with Crippen LogP contribution in [0, 0.1) is 0 Å². The molecule has 0 rings (SSSR count). The van der Waals surface area contributed by atoms with Crippen molar-refractivity contribution in [2.75, 3.05) is 19.8 Å². The van der Waals surface area contributed by atoms with Crippen LogP contribution in [0.2, 0.25) is 0 Å². The quantitative estimate of drug-likeness (QED) is 0.257. The summed E-state index contributed by atoms with van der Waals surface area (Å²) < 4.78 is 4.59. The molecule has 0 aromatic carbocycles. The van der Waals surface area contributed by atoms with Crippen LogP contribution in [0.25, 0.3) is 0 Å². The Hall–Kier alpha value is -0.360. The van der Waals surface area contributed by atoms with Gasteiger partial charge < -0.3 is 14.9 Å². The summed E-state index contributed by atoms with van der Waals surface area (Å²) in [6.45, 7) is 10.6. The van der Waals surface area contributed by atoms with E-state index < -0.39 is 4.84 Å². The van der Waals surface area contributed by atoms with Crippen molar-refractivity contribution in [2.24, 2.45) is 0 Å². The van der Waals surface area contributed by atoms with Gasteiger partial charge in [0.1, 0.15) is 10.6 Å². The summed E-state index contributed by atoms with van der Waals surface area (Å²) in [5, 5.41) is 16.3. The predicted molar refractivity (Wildman–Crippen MR) is 116 cm³/mol. The summed E-state index contributed by atoms with van der Waals surface area (Å²) in [4.78, 5) is 20.0. The van der Waals surface area contributed by atoms with Gasteiger partial charge in [-0.1, -0.05) is 52.9 Å². The molecule has 166 valence electrons. The van der Waals surface area contributed by atoms with Crippen LogP contribution >= 0.6 is 23.2 Å². The third-order valence-corrected chi connectivity index (χ3v) is 3.06. The van der Waals surface area contributed by atoms with E-state index in [-0.39, 0.29) is 24.8 Å². The lowest BCUT2D eigenvalue weighted by atomic mass is 10.2. The number of Topliss-reactive ketones (excluding diaryl/α,β-unsaturated/α-hetero) is 1. The molecule has 0 aliphatic carbocycles. The van der Waals surface area contributed by atoms with E-state index in [0.717, 1.165) is 12.8 Å². The van der Waals surface area contributed by atoms with Crippen molar-refractivity contribution < 1.29 is 24.5 Å². The number of unbranched alkanes of at least 4 members (excludes halogenated alkanes) is 4. The Morgan fingerprint density at radius 2 is 1.30 bits per heavy atom. The zero-order chi connectivity index (χ0) is 21.9. The lowest BCUT2D eigenvalue weighted by molar-refractivity contribution is -0.143. The van der Waals surface area contributed by atoms with Crippen molar-refractivity contribution in [1.82, 2.24) is 0 Å². The Morgan fingerprint density at radius 1 is 0.852 bits per heavy atom. The summed E-state index contributed by atoms with van der Waals surface area (Å²) in [7, 11) is 0. The highest BCUT2D eigenvalue weighted by molar-refractivity contribution is 6.45. The van der Waals surface area contributed by atoms with E-state index in [0.29, 0.717) is 26.1 Å². The number of rotatable bonds is 11. The number of carbonyl (C=O) groups is 2. The fourth-order valence-corrected chi connectivity index (χ4v) is 1.77. The van der Waals surface area contributed by atoms with E-state index in [9.17, 15) is 9.59 Å². The molecule has 0 radical (unpaired) electrons. The lowest BCUT2D eigenvalue weighted by Gasteiger charge is -1.97. The third-order valence-electron chi connectivity index (χ3n) is 2.75. The normalized spacial score (nSPS) is 9.11. The van der Waals surface area contributed by atoms with Gasteiger partial charge >= 0.3 is 5.97 Å². The molecule has 0 aromatic heterocycles. The maximum absolute atomic E-state index is 10.5. The van der Waals surface area contributed by atoms with Gasteiger partial charge in [-0.3, -0.25) is 9.59 Å². The third kappa shape index (κ3) is 58.6. The molecule has 0 atom stereocenters. The number of hydrogen-bond acceptors (Lipinski definition) is 5. The van der Waals surface area contributed by atoms with Gasteiger partial charge in [0.25, 0.3) is 0 Å². The zero-order valence-electron chi connectivity index (χ0n) is 17.9. The SMILES string of the molecule is CC(=O)CC(Cl)Cl.CCCCCC.CCCCO.CCOC(=O)CCCO. The number of carbonyl (C=O) groups excluding carboxylic acids is 2. The van der Waals surface area contributed by atoms with Gasteiger partial charge in [0.05, 0.1) is 6.61 Å². The maximum atomic E-state index is 10.5. The van der Waals surface area contributed by atoms with E-state index in [2.05, 4.69) is 25.5 Å². The van der Waals surface area contributed by atoms with Gasteiger partial charge in [-0.05, 0) is 26.7 Å². The first-order chi connectivity index (χ1) is 12.8. The summed E-state index contributed by atoms with van der Waals surface area (Å²) in [6, 6.07) is 0. The van der Waals surface area contributed by atoms with E-state index >= 15 is 0 Å². The van der Waals surface area contributed by atoms with Gasteiger partial charge in [0.2, 0.25) is 0 Å². The molecular formula is C20H42Cl2O5. The van der Waals surface area contributed by atoms with Crippen molar-refractivity contribution in [3.8, 4) is 0 Å². The number of ether oxygens (including phenoxy) is 1.